The summed E-state index contributed by atoms with van der Waals surface area (Å²) in [5, 5.41) is 52.5. The third kappa shape index (κ3) is 36.2. The fourth-order valence-electron chi connectivity index (χ4n) is 12.2. The van der Waals surface area contributed by atoms with Crippen molar-refractivity contribution in [2.45, 2.75) is 47.2 Å². The second-order valence-electron chi connectivity index (χ2n) is 30.4. The minimum Gasteiger partial charge on any atom is -0.508 e. The van der Waals surface area contributed by atoms with Gasteiger partial charge in [-0.1, -0.05) is 234 Å². The highest BCUT2D eigenvalue weighted by Crippen LogP contribution is 2.27. The summed E-state index contributed by atoms with van der Waals surface area (Å²) >= 11 is 5.22. The first-order chi connectivity index (χ1) is 69.7. The van der Waals surface area contributed by atoms with E-state index in [1.54, 1.807) is 103 Å². The summed E-state index contributed by atoms with van der Waals surface area (Å²) in [5.74, 6) is 5.49. The average molecular weight is 1960 g/mol. The number of halogens is 2. The molecule has 0 fully saturated rings. The largest absolute Gasteiger partial charge is 0.508 e. The molecule has 18 aromatic rings. The molecule has 0 aliphatic rings. The number of nitrogens with two attached hydrogens (primary N) is 4. The van der Waals surface area contributed by atoms with E-state index in [9.17, 15) is 19.5 Å². The number of aromatic hydroxyl groups is 1. The Morgan fingerprint density at radius 2 is 0.694 bits per heavy atom. The van der Waals surface area contributed by atoms with E-state index < -0.39 is 5.24 Å². The van der Waals surface area contributed by atoms with Crippen LogP contribution in [-0.2, 0) is 26.4 Å². The van der Waals surface area contributed by atoms with E-state index in [1.165, 1.54) is 12.1 Å². The summed E-state index contributed by atoms with van der Waals surface area (Å²) in [6.45, 7) is 7.99. The lowest BCUT2D eigenvalue weighted by Crippen LogP contribution is -2.23. The van der Waals surface area contributed by atoms with Gasteiger partial charge in [-0.3, -0.25) is 14.4 Å². The number of phenols is 1. The minimum absolute atomic E-state index is 0. The number of hydrogen-bond acceptors (Lipinski definition) is 28. The lowest BCUT2D eigenvalue weighted by atomic mass is 10.1. The molecule has 0 atom stereocenters. The zero-order valence-corrected chi connectivity index (χ0v) is 79.6. The highest BCUT2D eigenvalue weighted by Gasteiger charge is 2.19. The van der Waals surface area contributed by atoms with Gasteiger partial charge in [0.05, 0.1) is 5.69 Å². The number of amidine groups is 1. The Morgan fingerprint density at radius 1 is 0.382 bits per heavy atom. The number of nitrogens with zero attached hydrogens (tertiary/aromatic N) is 12. The van der Waals surface area contributed by atoms with Crippen LogP contribution in [0.15, 0.2) is 416 Å². The summed E-state index contributed by atoms with van der Waals surface area (Å²) in [6, 6.07) is 125. The second-order valence-corrected chi connectivity index (χ2v) is 30.8. The van der Waals surface area contributed by atoms with E-state index in [2.05, 4.69) is 66.6 Å². The van der Waals surface area contributed by atoms with Gasteiger partial charge in [0.2, 0.25) is 41.9 Å². The molecule has 18 rings (SSSR count). The van der Waals surface area contributed by atoms with E-state index in [-0.39, 0.29) is 71.8 Å². The molecule has 0 spiro atoms. The van der Waals surface area contributed by atoms with Crippen molar-refractivity contribution in [3.63, 3.8) is 0 Å². The Labute approximate surface area is 841 Å². The predicted octanol–water partition coefficient (Wildman–Crippen LogP) is 22.2. The van der Waals surface area contributed by atoms with Gasteiger partial charge in [-0.05, 0) is 249 Å². The molecule has 0 amide bonds. The van der Waals surface area contributed by atoms with Crippen LogP contribution in [0.3, 0.4) is 0 Å². The molecule has 0 saturated carbocycles. The van der Waals surface area contributed by atoms with Gasteiger partial charge in [0.25, 0.3) is 17.1 Å². The molecule has 34 heteroatoms. The Kier molecular flexibility index (Phi) is 40.9. The average Bonchev–Trinajstić information content (AvgIpc) is 1.69. The zero-order valence-electron chi connectivity index (χ0n) is 78.0. The number of ether oxygens (including phenoxy) is 7. The fourth-order valence-corrected chi connectivity index (χ4v) is 12.3. The number of hydrogen-bond donors (Lipinski definition) is 10. The maximum Gasteiger partial charge on any atom is 0.410 e. The van der Waals surface area contributed by atoms with Crippen molar-refractivity contribution in [2.75, 3.05) is 38.9 Å². The Hall–Kier alpha value is -19.6. The highest BCUT2D eigenvalue weighted by molar-refractivity contribution is 6.67. The number of para-hydroxylation sites is 3. The predicted molar refractivity (Wildman–Crippen MR) is 561 cm³/mol. The fraction of sp³-hybridized carbons (Fsp3) is 0.0636. The summed E-state index contributed by atoms with van der Waals surface area (Å²) < 4.78 is 41.3. The monoisotopic (exact) mass is 1960 g/mol. The number of aliphatic imine (C=N–C) groups is 2. The van der Waals surface area contributed by atoms with Gasteiger partial charge in [-0.2, -0.15) is 39.8 Å². The van der Waals surface area contributed by atoms with Crippen LogP contribution in [0.25, 0.3) is 0 Å². The summed E-state index contributed by atoms with van der Waals surface area (Å²) in [7, 11) is 0. The molecule has 144 heavy (non-hydrogen) atoms. The van der Waals surface area contributed by atoms with E-state index in [1.807, 2.05) is 324 Å². The zero-order chi connectivity index (χ0) is 101. The number of H-pyrrole nitrogens is 1. The quantitative estimate of drug-likeness (QED) is 0.00483. The summed E-state index contributed by atoms with van der Waals surface area (Å²) in [4.78, 5) is 55.5. The molecule has 724 valence electrons. The van der Waals surface area contributed by atoms with Crippen molar-refractivity contribution >= 4 is 117 Å². The third-order valence-corrected chi connectivity index (χ3v) is 19.7. The Morgan fingerprint density at radius 3 is 1.02 bits per heavy atom. The molecule has 0 aliphatic heterocycles. The van der Waals surface area contributed by atoms with Crippen LogP contribution >= 0.6 is 24.0 Å². The van der Waals surface area contributed by atoms with Crippen molar-refractivity contribution in [2.24, 2.45) is 9.98 Å². The standard InChI is InChI=1S/C23H21N5O2.C21H17N3O2.C16H15N5O2.C15H15N5O.C14H10N2O2.C13H13NO.C8H7ClO.ClH/c1-16-7-9-18(10-8-16)21(29)28-22(24)26-23(27-28)25-19-11-13-20(14-12-19)30-15-17-5-3-2-4-6-17;22-16-23-21(26-20-9-5-2-6-10-20)24-18-11-13-19(14-12-18)25-15-17-7-3-1-4-8-17;1-10-2-4-11(5-3-10)14(23)21-15(17)19-16(20-21)18-12-6-8-13(22)9-7-12;16-14-18-15(20-19-14)17-12-6-8-13(9-7-12)21-10-11-4-2-1-3-5-11;15-11-16-14(17-12-7-3-1-4-8-12)18-13-9-5-2-6-10-13;14-12-6-8-13(9-7-12)15-10-11-4-2-1-3-5-11;1-6-2-4-7(5-3-6)8(9)10;/h2-14H,15H2,1H3,(H3,24,25,26,27);1-14H,15H2,(H,23,24);2-9,22H,1H3,(H3,17,18,19,20);1-9H,10H2,(H4,16,17,18,19,20);1-10H;1-9H,10,14H2;2-5H,1H3;1H. The van der Waals surface area contributed by atoms with Crippen LogP contribution in [0.2, 0.25) is 0 Å². The maximum absolute atomic E-state index is 12.6. The van der Waals surface area contributed by atoms with Crippen LogP contribution in [-0.4, -0.2) is 79.0 Å². The highest BCUT2D eigenvalue weighted by atomic mass is 35.5. The van der Waals surface area contributed by atoms with Gasteiger partial charge in [0.1, 0.15) is 72.4 Å². The summed E-state index contributed by atoms with van der Waals surface area (Å²) in [6.07, 6.45) is 3.37. The first-order valence-electron chi connectivity index (χ1n) is 44.1. The molecule has 0 aliphatic carbocycles. The molecule has 0 radical (unpaired) electrons. The van der Waals surface area contributed by atoms with Crippen molar-refractivity contribution in [3.05, 3.63) is 462 Å². The van der Waals surface area contributed by atoms with Crippen LogP contribution in [0.1, 0.15) is 70.0 Å². The van der Waals surface area contributed by atoms with Gasteiger partial charge in [0.15, 0.2) is 6.19 Å². The number of carbonyl (C=O) groups is 3. The minimum atomic E-state index is -0.403. The van der Waals surface area contributed by atoms with E-state index >= 15 is 0 Å². The lowest BCUT2D eigenvalue weighted by molar-refractivity contribution is 0.0940. The van der Waals surface area contributed by atoms with Gasteiger partial charge in [-0.15, -0.1) is 27.7 Å². The molecular formula is C110H99Cl2N21O11. The number of nitrogens with one attached hydrogen (secondary N) is 5. The van der Waals surface area contributed by atoms with E-state index in [0.29, 0.717) is 77.7 Å². The number of aryl methyl sites for hydroxylation is 3. The normalized spacial score (nSPS) is 10.1. The van der Waals surface area contributed by atoms with Gasteiger partial charge in [-0.25, -0.2) is 10.4 Å². The smallest absolute Gasteiger partial charge is 0.410 e. The van der Waals surface area contributed by atoms with Gasteiger partial charge < -0.3 is 77.1 Å². The van der Waals surface area contributed by atoms with Crippen molar-refractivity contribution in [1.82, 2.24) is 50.0 Å². The molecule has 15 aromatic carbocycles. The van der Waals surface area contributed by atoms with Crippen LogP contribution in [0.4, 0.5) is 64.1 Å². The molecular weight excluding hydrogens is 1860 g/mol. The Balaban J connectivity index is 0.000000163. The van der Waals surface area contributed by atoms with E-state index in [4.69, 9.17) is 78.2 Å². The number of aromatic amines is 1. The first-order valence-corrected chi connectivity index (χ1v) is 44.5. The Bertz CT molecular complexity index is 7070. The molecule has 14 N–H and O–H groups in total. The third-order valence-electron chi connectivity index (χ3n) is 19.5. The van der Waals surface area contributed by atoms with E-state index in [0.717, 1.165) is 88.4 Å². The molecule has 0 unspecified atom stereocenters. The number of benzene rings is 15. The number of aromatic nitrogens is 9. The molecule has 3 aromatic heterocycles. The number of phenolic OH excluding ortho intramolecular Hbond substituents is 1. The number of nitriles is 2. The first kappa shape index (κ1) is 105. The maximum atomic E-state index is 12.6. The molecule has 32 nitrogen and oxygen atoms in total. The molecule has 3 heterocycles. The van der Waals surface area contributed by atoms with Gasteiger partial charge in [0, 0.05) is 39.4 Å². The second kappa shape index (κ2) is 56.2. The number of rotatable bonds is 25. The topological polar surface area (TPSA) is 464 Å². The molecule has 0 bridgehead atoms. The SMILES string of the molecule is Cc1ccc(C(=O)Cl)cc1.Cc1ccc(C(=O)n2nc(Nc3ccc(O)cc3)nc2N)cc1.Cc1ccc(C(=O)n2nc(Nc3ccc(OCc4ccccc4)cc3)nc2N)cc1.Cl.N#CN=C(Oc1ccccc1)Oc1ccccc1.N#CNC(=Nc1ccc(OCc2ccccc2)cc1)Oc1ccccc1.Nc1ccc(OCc2ccccc2)cc1.Nc1nc(Nc2ccc(OCc3ccccc3)cc2)n[nH]1. The van der Waals surface area contributed by atoms with Crippen LogP contribution in [0, 0.1) is 43.7 Å². The summed E-state index contributed by atoms with van der Waals surface area (Å²) in [5.41, 5.74) is 35.7. The lowest BCUT2D eigenvalue weighted by Gasteiger charge is -2.08. The van der Waals surface area contributed by atoms with Crippen molar-refractivity contribution in [3.8, 4) is 58.4 Å². The number of carbonyl (C=O) groups excluding carboxylic acids is 3. The van der Waals surface area contributed by atoms with Crippen LogP contribution in [0.5, 0.6) is 46.0 Å². The number of anilines is 10. The van der Waals surface area contributed by atoms with Gasteiger partial charge >= 0.3 is 12.1 Å². The van der Waals surface area contributed by atoms with Crippen molar-refractivity contribution in [1.29, 1.82) is 10.5 Å². The molecule has 0 saturated heterocycles. The van der Waals surface area contributed by atoms with Crippen LogP contribution < -0.4 is 77.4 Å². The van der Waals surface area contributed by atoms with Crippen molar-refractivity contribution < 1.29 is 52.6 Å². The number of nitrogen functional groups attached to an aromatic ring is 4.